The van der Waals surface area contributed by atoms with Gasteiger partial charge in [-0.1, -0.05) is 35.9 Å². The molecule has 12 nitrogen and oxygen atoms in total. The molecule has 1 saturated heterocycles. The number of nitrogens with one attached hydrogen (secondary N) is 2. The first-order valence-electron chi connectivity index (χ1n) is 13.3. The number of carbonyl (C=O) groups is 1. The summed E-state index contributed by atoms with van der Waals surface area (Å²) in [6.45, 7) is 5.03. The minimum atomic E-state index is -4.42. The van der Waals surface area contributed by atoms with E-state index in [9.17, 15) is 24.1 Å². The minimum absolute atomic E-state index is 0.104. The van der Waals surface area contributed by atoms with E-state index in [0.29, 0.717) is 5.02 Å². The summed E-state index contributed by atoms with van der Waals surface area (Å²) in [6.07, 6.45) is -4.34. The highest BCUT2D eigenvalue weighted by Crippen LogP contribution is 2.47. The summed E-state index contributed by atoms with van der Waals surface area (Å²) in [4.78, 5) is 38.2. The smallest absolute Gasteiger partial charge is 0.459 e. The number of hydrogen-bond donors (Lipinski definition) is 3. The van der Waals surface area contributed by atoms with Crippen LogP contribution in [0, 0.1) is 0 Å². The molecule has 0 saturated carbocycles. The lowest BCUT2D eigenvalue weighted by atomic mass is 9.98. The Morgan fingerprint density at radius 1 is 1.19 bits per heavy atom. The van der Waals surface area contributed by atoms with Crippen LogP contribution < -0.4 is 20.9 Å². The van der Waals surface area contributed by atoms with Gasteiger partial charge < -0.3 is 19.1 Å². The summed E-state index contributed by atoms with van der Waals surface area (Å²) < 4.78 is 52.4. The number of aliphatic hydroxyl groups is 1. The lowest BCUT2D eigenvalue weighted by Gasteiger charge is -2.25. The molecule has 2 aromatic carbocycles. The molecular weight excluding hydrogens is 608 g/mol. The van der Waals surface area contributed by atoms with Crippen LogP contribution >= 0.6 is 19.3 Å². The molecule has 0 aliphatic carbocycles. The van der Waals surface area contributed by atoms with E-state index in [2.05, 4.69) is 5.09 Å². The lowest BCUT2D eigenvalue weighted by Crippen LogP contribution is -2.43. The van der Waals surface area contributed by atoms with Gasteiger partial charge in [-0.25, -0.2) is 13.8 Å². The van der Waals surface area contributed by atoms with Gasteiger partial charge in [-0.3, -0.25) is 23.7 Å². The van der Waals surface area contributed by atoms with Gasteiger partial charge in [0.25, 0.3) is 5.56 Å². The van der Waals surface area contributed by atoms with Gasteiger partial charge >= 0.3 is 19.4 Å². The number of esters is 1. The highest BCUT2D eigenvalue weighted by molar-refractivity contribution is 7.52. The molecule has 1 aromatic heterocycles. The zero-order chi connectivity index (χ0) is 31.5. The van der Waals surface area contributed by atoms with E-state index in [0.717, 1.165) is 34.9 Å². The summed E-state index contributed by atoms with van der Waals surface area (Å²) in [5.74, 6) is -0.628. The molecule has 3 N–H and O–H groups in total. The Balaban J connectivity index is 1.55. The van der Waals surface area contributed by atoms with Crippen molar-refractivity contribution < 1.29 is 37.4 Å². The summed E-state index contributed by atoms with van der Waals surface area (Å²) in [5.41, 5.74) is -2.54. The molecule has 0 radical (unpaired) electrons. The van der Waals surface area contributed by atoms with Crippen LogP contribution in [-0.4, -0.2) is 57.3 Å². The maximum atomic E-state index is 15.6. The van der Waals surface area contributed by atoms with Crippen molar-refractivity contribution in [2.45, 2.75) is 63.9 Å². The summed E-state index contributed by atoms with van der Waals surface area (Å²) in [5, 5.41) is 13.8. The van der Waals surface area contributed by atoms with Crippen LogP contribution in [0.3, 0.4) is 0 Å². The Kier molecular flexibility index (Phi) is 9.95. The van der Waals surface area contributed by atoms with Gasteiger partial charge in [0.2, 0.25) is 0 Å². The van der Waals surface area contributed by atoms with E-state index >= 15 is 4.39 Å². The first-order valence-corrected chi connectivity index (χ1v) is 15.2. The third-order valence-electron chi connectivity index (χ3n) is 6.52. The second-order valence-electron chi connectivity index (χ2n) is 10.4. The van der Waals surface area contributed by atoms with Gasteiger partial charge in [0.1, 0.15) is 24.0 Å². The van der Waals surface area contributed by atoms with Crippen molar-refractivity contribution in [1.82, 2.24) is 14.6 Å². The Hall–Kier alpha value is -3.32. The highest BCUT2D eigenvalue weighted by atomic mass is 35.5. The number of ether oxygens (including phenoxy) is 2. The van der Waals surface area contributed by atoms with E-state index in [-0.39, 0.29) is 5.75 Å². The number of nitrogens with zero attached hydrogens (tertiary/aromatic N) is 1. The Morgan fingerprint density at radius 2 is 1.88 bits per heavy atom. The van der Waals surface area contributed by atoms with Crippen LogP contribution in [0.4, 0.5) is 4.39 Å². The largest absolute Gasteiger partial charge is 0.462 e. The predicted molar refractivity (Wildman–Crippen MR) is 156 cm³/mol. The molecule has 0 bridgehead atoms. The number of halogens is 2. The number of carbonyl (C=O) groups excluding carboxylic acids is 1. The number of alkyl halides is 1. The van der Waals surface area contributed by atoms with Crippen molar-refractivity contribution in [1.29, 1.82) is 0 Å². The molecule has 1 fully saturated rings. The zero-order valence-electron chi connectivity index (χ0n) is 23.7. The van der Waals surface area contributed by atoms with Crippen LogP contribution in [0.15, 0.2) is 70.4 Å². The van der Waals surface area contributed by atoms with Crippen molar-refractivity contribution in [2.75, 3.05) is 6.61 Å². The normalized spacial score (nSPS) is 24.0. The van der Waals surface area contributed by atoms with E-state index in [1.807, 2.05) is 11.1 Å². The number of aromatic nitrogens is 2. The van der Waals surface area contributed by atoms with Crippen molar-refractivity contribution in [3.63, 3.8) is 0 Å². The summed E-state index contributed by atoms with van der Waals surface area (Å²) in [7, 11) is -4.42. The van der Waals surface area contributed by atoms with Gasteiger partial charge in [0.15, 0.2) is 11.9 Å². The Bertz CT molecular complexity index is 1610. The molecule has 0 spiro atoms. The molecule has 6 unspecified atom stereocenters. The molecule has 1 aliphatic heterocycles. The minimum Gasteiger partial charge on any atom is -0.462 e. The van der Waals surface area contributed by atoms with Crippen molar-refractivity contribution >= 4 is 25.3 Å². The number of aliphatic hydroxyl groups excluding tert-OH is 1. The van der Waals surface area contributed by atoms with Gasteiger partial charge in [0, 0.05) is 17.3 Å². The maximum absolute atomic E-state index is 15.6. The number of hydrogen-bond acceptors (Lipinski definition) is 9. The molecule has 3 aromatic rings. The highest BCUT2D eigenvalue weighted by Gasteiger charge is 2.56. The topological polar surface area (TPSA) is 158 Å². The fraction of sp³-hybridized carbons (Fsp3) is 0.393. The Morgan fingerprint density at radius 3 is 2.51 bits per heavy atom. The van der Waals surface area contributed by atoms with E-state index < -0.39 is 67.8 Å². The average molecular weight is 640 g/mol. The molecule has 6 atom stereocenters. The third-order valence-corrected chi connectivity index (χ3v) is 8.40. The van der Waals surface area contributed by atoms with Crippen molar-refractivity contribution in [2.24, 2.45) is 0 Å². The maximum Gasteiger partial charge on any atom is 0.459 e. The fourth-order valence-corrected chi connectivity index (χ4v) is 6.06. The van der Waals surface area contributed by atoms with Crippen LogP contribution in [0.2, 0.25) is 5.02 Å². The van der Waals surface area contributed by atoms with Crippen LogP contribution in [0.5, 0.6) is 5.75 Å². The van der Waals surface area contributed by atoms with Gasteiger partial charge in [0.05, 0.1) is 12.7 Å². The molecule has 232 valence electrons. The first kappa shape index (κ1) is 32.6. The Labute approximate surface area is 251 Å². The number of H-pyrrole nitrogens is 1. The van der Waals surface area contributed by atoms with E-state index in [1.54, 1.807) is 44.2 Å². The van der Waals surface area contributed by atoms with Gasteiger partial charge in [-0.15, -0.1) is 0 Å². The average Bonchev–Trinajstić information content (AvgIpc) is 3.15. The quantitative estimate of drug-likeness (QED) is 0.207. The zero-order valence-corrected chi connectivity index (χ0v) is 25.4. The van der Waals surface area contributed by atoms with Gasteiger partial charge in [-0.05, 0) is 63.1 Å². The summed E-state index contributed by atoms with van der Waals surface area (Å²) >= 11 is 6.09. The molecule has 2 heterocycles. The van der Waals surface area contributed by atoms with Crippen LogP contribution in [0.1, 0.15) is 33.9 Å². The fourth-order valence-electron chi connectivity index (χ4n) is 4.36. The number of aromatic amines is 1. The molecule has 4 rings (SSSR count). The standard InChI is InChI=1S/C28H32ClFN3O9P/c1-16(2)40-25(36)17(3)32-43(38,42-21-10-8-18(9-11-21)19-6-5-7-20(29)14-19)39-15-22-24(35)28(4,30)26(41-22)33-13-12-23(34)31-27(33)37/h5-14,16-17,22,24,26,35H,15H2,1-4H3,(H,32,38)(H,31,34,37). The van der Waals surface area contributed by atoms with Gasteiger partial charge in [-0.2, -0.15) is 5.09 Å². The number of rotatable bonds is 11. The van der Waals surface area contributed by atoms with Crippen molar-refractivity contribution in [3.8, 4) is 16.9 Å². The second kappa shape index (κ2) is 13.1. The SMILES string of the molecule is CC(C)OC(=O)C(C)NP(=O)(OCC1OC(n2ccc(=O)[nH]c2=O)C(C)(F)C1O)Oc1ccc(-c2cccc(Cl)c2)cc1. The summed E-state index contributed by atoms with van der Waals surface area (Å²) in [6, 6.07) is 13.5. The van der Waals surface area contributed by atoms with Crippen LogP contribution in [0.25, 0.3) is 11.1 Å². The van der Waals surface area contributed by atoms with E-state index in [1.165, 1.54) is 19.1 Å². The van der Waals surface area contributed by atoms with E-state index in [4.69, 9.17) is 30.1 Å². The molecule has 1 aliphatic rings. The molecular formula is C28H32ClFN3O9P. The molecule has 15 heteroatoms. The second-order valence-corrected chi connectivity index (χ2v) is 12.5. The molecule has 0 amide bonds. The number of benzene rings is 2. The monoisotopic (exact) mass is 639 g/mol. The van der Waals surface area contributed by atoms with Crippen LogP contribution in [-0.2, 0) is 23.4 Å². The lowest BCUT2D eigenvalue weighted by molar-refractivity contribution is -0.149. The molecule has 43 heavy (non-hydrogen) atoms. The first-order chi connectivity index (χ1) is 20.2. The third kappa shape index (κ3) is 7.80. The predicted octanol–water partition coefficient (Wildman–Crippen LogP) is 3.98. The van der Waals surface area contributed by atoms with Crippen molar-refractivity contribution in [3.05, 3.63) is 86.7 Å².